The van der Waals surface area contributed by atoms with Crippen LogP contribution in [-0.4, -0.2) is 43.9 Å². The number of methoxy groups -OCH3 is 1. The van der Waals surface area contributed by atoms with E-state index < -0.39 is 5.97 Å². The van der Waals surface area contributed by atoms with Gasteiger partial charge in [0.25, 0.3) is 0 Å². The Balaban J connectivity index is 2.43. The number of carboxylic acid groups (broad SMARTS) is 1. The normalized spacial score (nSPS) is 10.6. The highest BCUT2D eigenvalue weighted by Gasteiger charge is 2.01. The molecule has 1 rings (SSSR count). The van der Waals surface area contributed by atoms with E-state index in [1.807, 2.05) is 25.1 Å². The number of hydrogen-bond donors (Lipinski definition) is 2. The number of carbonyl (C=O) groups excluding carboxylic acids is 1. The Morgan fingerprint density at radius 1 is 1.38 bits per heavy atom. The zero-order valence-corrected chi connectivity index (χ0v) is 12.1. The summed E-state index contributed by atoms with van der Waals surface area (Å²) in [7, 11) is 1.57. The second-order valence-corrected chi connectivity index (χ2v) is 4.32. The van der Waals surface area contributed by atoms with Crippen LogP contribution in [0.4, 0.5) is 0 Å². The Labute approximate surface area is 123 Å². The Hall–Kier alpha value is -2.34. The molecule has 2 N–H and O–H groups in total. The average molecular weight is 293 g/mol. The Morgan fingerprint density at radius 2 is 2.14 bits per heavy atom. The lowest BCUT2D eigenvalue weighted by Crippen LogP contribution is -2.26. The molecule has 0 saturated carbocycles. The molecular weight excluding hydrogens is 274 g/mol. The van der Waals surface area contributed by atoms with Gasteiger partial charge in [-0.1, -0.05) is 11.6 Å². The summed E-state index contributed by atoms with van der Waals surface area (Å²) in [5.41, 5.74) is 1.88. The van der Waals surface area contributed by atoms with Gasteiger partial charge in [0.1, 0.15) is 12.4 Å². The molecule has 0 aromatic heterocycles. The van der Waals surface area contributed by atoms with Gasteiger partial charge in [-0.3, -0.25) is 4.79 Å². The van der Waals surface area contributed by atoms with Crippen molar-refractivity contribution in [3.05, 3.63) is 35.4 Å². The second kappa shape index (κ2) is 8.76. The third kappa shape index (κ3) is 6.58. The lowest BCUT2D eigenvalue weighted by molar-refractivity contribution is -0.142. The van der Waals surface area contributed by atoms with E-state index in [9.17, 15) is 9.59 Å². The molecule has 0 saturated heterocycles. The van der Waals surface area contributed by atoms with Crippen LogP contribution in [0.2, 0.25) is 0 Å². The molecule has 0 aliphatic heterocycles. The van der Waals surface area contributed by atoms with Crippen molar-refractivity contribution in [2.24, 2.45) is 0 Å². The fourth-order valence-corrected chi connectivity index (χ4v) is 1.61. The monoisotopic (exact) mass is 293 g/mol. The molecule has 1 aromatic rings. The van der Waals surface area contributed by atoms with Crippen LogP contribution >= 0.6 is 0 Å². The van der Waals surface area contributed by atoms with E-state index in [0.29, 0.717) is 5.75 Å². The molecular formula is C15H19NO5. The molecule has 0 atom stereocenters. The molecule has 0 bridgehead atoms. The molecule has 1 aromatic carbocycles. The highest BCUT2D eigenvalue weighted by atomic mass is 16.5. The van der Waals surface area contributed by atoms with E-state index in [2.05, 4.69) is 5.32 Å². The lowest BCUT2D eigenvalue weighted by atomic mass is 10.1. The number of rotatable bonds is 8. The first-order chi connectivity index (χ1) is 10.0. The number of carbonyl (C=O) groups is 2. The van der Waals surface area contributed by atoms with Crippen LogP contribution in [0.15, 0.2) is 24.3 Å². The van der Waals surface area contributed by atoms with Crippen molar-refractivity contribution in [1.29, 1.82) is 0 Å². The van der Waals surface area contributed by atoms with Gasteiger partial charge in [0, 0.05) is 18.2 Å². The minimum atomic E-state index is -1.03. The van der Waals surface area contributed by atoms with Crippen molar-refractivity contribution >= 4 is 18.0 Å². The number of benzene rings is 1. The number of aryl methyl sites for hydroxylation is 1. The van der Waals surface area contributed by atoms with E-state index in [1.165, 1.54) is 6.08 Å². The van der Waals surface area contributed by atoms with Gasteiger partial charge in [-0.15, -0.1) is 0 Å². The standard InChI is InChI=1S/C15H19NO5/c1-11-3-5-13(20-2)12(9-11)4-6-14(17)16-7-8-21-10-15(18)19/h3-6,9H,7-8,10H2,1-2H3,(H,16,17)(H,18,19). The van der Waals surface area contributed by atoms with Gasteiger partial charge in [0.15, 0.2) is 0 Å². The fourth-order valence-electron chi connectivity index (χ4n) is 1.61. The van der Waals surface area contributed by atoms with E-state index in [0.717, 1.165) is 11.1 Å². The maximum atomic E-state index is 11.6. The second-order valence-electron chi connectivity index (χ2n) is 4.32. The summed E-state index contributed by atoms with van der Waals surface area (Å²) < 4.78 is 10.0. The lowest BCUT2D eigenvalue weighted by Gasteiger charge is -2.06. The van der Waals surface area contributed by atoms with Gasteiger partial charge in [-0.05, 0) is 25.1 Å². The molecule has 21 heavy (non-hydrogen) atoms. The van der Waals surface area contributed by atoms with Gasteiger partial charge in [-0.2, -0.15) is 0 Å². The quantitative estimate of drug-likeness (QED) is 0.556. The first-order valence-corrected chi connectivity index (χ1v) is 6.43. The predicted octanol–water partition coefficient (Wildman–Crippen LogP) is 1.23. The average Bonchev–Trinajstić information content (AvgIpc) is 2.44. The molecule has 0 unspecified atom stereocenters. The van der Waals surface area contributed by atoms with Gasteiger partial charge in [-0.25, -0.2) is 4.79 Å². The van der Waals surface area contributed by atoms with E-state index in [1.54, 1.807) is 13.2 Å². The molecule has 0 spiro atoms. The van der Waals surface area contributed by atoms with Crippen LogP contribution < -0.4 is 10.1 Å². The Morgan fingerprint density at radius 3 is 2.81 bits per heavy atom. The number of carboxylic acids is 1. The van der Waals surface area contributed by atoms with Gasteiger partial charge >= 0.3 is 5.97 Å². The van der Waals surface area contributed by atoms with Crippen LogP contribution in [0, 0.1) is 6.92 Å². The summed E-state index contributed by atoms with van der Waals surface area (Å²) in [4.78, 5) is 21.8. The third-order valence-corrected chi connectivity index (χ3v) is 2.57. The molecule has 0 heterocycles. The van der Waals surface area contributed by atoms with E-state index in [4.69, 9.17) is 14.6 Å². The van der Waals surface area contributed by atoms with Crippen LogP contribution in [0.5, 0.6) is 5.75 Å². The number of ether oxygens (including phenoxy) is 2. The summed E-state index contributed by atoms with van der Waals surface area (Å²) in [6, 6.07) is 5.68. The molecule has 114 valence electrons. The van der Waals surface area contributed by atoms with Crippen molar-refractivity contribution in [3.63, 3.8) is 0 Å². The van der Waals surface area contributed by atoms with Crippen LogP contribution in [0.3, 0.4) is 0 Å². The minimum Gasteiger partial charge on any atom is -0.496 e. The molecule has 0 aliphatic carbocycles. The summed E-state index contributed by atoms with van der Waals surface area (Å²) in [5.74, 6) is -0.625. The zero-order valence-electron chi connectivity index (χ0n) is 12.1. The molecule has 6 nitrogen and oxygen atoms in total. The third-order valence-electron chi connectivity index (χ3n) is 2.57. The smallest absolute Gasteiger partial charge is 0.329 e. The van der Waals surface area contributed by atoms with E-state index in [-0.39, 0.29) is 25.7 Å². The number of hydrogen-bond acceptors (Lipinski definition) is 4. The van der Waals surface area contributed by atoms with Crippen molar-refractivity contribution in [2.45, 2.75) is 6.92 Å². The first-order valence-electron chi connectivity index (χ1n) is 6.43. The van der Waals surface area contributed by atoms with E-state index >= 15 is 0 Å². The summed E-state index contributed by atoms with van der Waals surface area (Å²) in [5, 5.41) is 11.0. The maximum absolute atomic E-state index is 11.6. The van der Waals surface area contributed by atoms with Crippen LogP contribution in [-0.2, 0) is 14.3 Å². The molecule has 0 aliphatic rings. The summed E-state index contributed by atoms with van der Waals surface area (Å²) >= 11 is 0. The molecule has 0 fully saturated rings. The Kier molecular flexibility index (Phi) is 6.97. The number of amides is 1. The number of nitrogens with one attached hydrogen (secondary N) is 1. The van der Waals surface area contributed by atoms with Crippen molar-refractivity contribution in [2.75, 3.05) is 26.9 Å². The highest BCUT2D eigenvalue weighted by molar-refractivity contribution is 5.92. The van der Waals surface area contributed by atoms with Gasteiger partial charge < -0.3 is 19.9 Å². The first kappa shape index (κ1) is 16.7. The Bertz CT molecular complexity index is 525. The predicted molar refractivity (Wildman–Crippen MR) is 78.2 cm³/mol. The van der Waals surface area contributed by atoms with Crippen molar-refractivity contribution in [1.82, 2.24) is 5.32 Å². The summed E-state index contributed by atoms with van der Waals surface area (Å²) in [6.45, 7) is 1.99. The van der Waals surface area contributed by atoms with Gasteiger partial charge in [0.05, 0.1) is 13.7 Å². The molecule has 1 amide bonds. The van der Waals surface area contributed by atoms with Crippen LogP contribution in [0.1, 0.15) is 11.1 Å². The zero-order chi connectivity index (χ0) is 15.7. The minimum absolute atomic E-state index is 0.152. The number of aliphatic carboxylic acids is 1. The van der Waals surface area contributed by atoms with Crippen molar-refractivity contribution in [3.8, 4) is 5.75 Å². The van der Waals surface area contributed by atoms with Gasteiger partial charge in [0.2, 0.25) is 5.91 Å². The SMILES string of the molecule is COc1ccc(C)cc1C=CC(=O)NCCOCC(=O)O. The fraction of sp³-hybridized carbons (Fsp3) is 0.333. The molecule has 0 radical (unpaired) electrons. The van der Waals surface area contributed by atoms with Crippen LogP contribution in [0.25, 0.3) is 6.08 Å². The van der Waals surface area contributed by atoms with Crippen molar-refractivity contribution < 1.29 is 24.2 Å². The topological polar surface area (TPSA) is 84.9 Å². The highest BCUT2D eigenvalue weighted by Crippen LogP contribution is 2.20. The maximum Gasteiger partial charge on any atom is 0.329 e. The molecule has 6 heteroatoms. The summed E-state index contributed by atoms with van der Waals surface area (Å²) in [6.07, 6.45) is 3.06. The largest absolute Gasteiger partial charge is 0.496 e.